The van der Waals surface area contributed by atoms with Crippen LogP contribution < -0.4 is 10.6 Å². The summed E-state index contributed by atoms with van der Waals surface area (Å²) in [5, 5.41) is 5.02. The number of ketones is 1. The molecule has 23 heavy (non-hydrogen) atoms. The third-order valence-electron chi connectivity index (χ3n) is 3.17. The summed E-state index contributed by atoms with van der Waals surface area (Å²) in [7, 11) is 0. The lowest BCUT2D eigenvalue weighted by molar-refractivity contribution is -0.132. The van der Waals surface area contributed by atoms with Crippen LogP contribution in [-0.2, 0) is 9.59 Å². The van der Waals surface area contributed by atoms with Gasteiger partial charge in [-0.2, -0.15) is 0 Å². The van der Waals surface area contributed by atoms with Crippen LogP contribution in [0.25, 0.3) is 0 Å². The smallest absolute Gasteiger partial charge is 0.314 e. The summed E-state index contributed by atoms with van der Waals surface area (Å²) >= 11 is 3.37. The van der Waals surface area contributed by atoms with E-state index in [0.717, 1.165) is 10.0 Å². The van der Waals surface area contributed by atoms with Gasteiger partial charge in [0.2, 0.25) is 0 Å². The van der Waals surface area contributed by atoms with Crippen molar-refractivity contribution >= 4 is 44.9 Å². The first-order valence-electron chi connectivity index (χ1n) is 6.86. The Morgan fingerprint density at radius 3 is 1.91 bits per heavy atom. The van der Waals surface area contributed by atoms with Gasteiger partial charge in [-0.1, -0.05) is 15.9 Å². The van der Waals surface area contributed by atoms with Crippen molar-refractivity contribution in [1.29, 1.82) is 0 Å². The second-order valence-electron chi connectivity index (χ2n) is 5.01. The number of amides is 2. The van der Waals surface area contributed by atoms with Crippen LogP contribution in [0.2, 0.25) is 0 Å². The van der Waals surface area contributed by atoms with Crippen LogP contribution in [0.3, 0.4) is 0 Å². The summed E-state index contributed by atoms with van der Waals surface area (Å²) in [6, 6.07) is 11.6. The second kappa shape index (κ2) is 7.19. The van der Waals surface area contributed by atoms with Crippen LogP contribution in [0.5, 0.6) is 0 Å². The van der Waals surface area contributed by atoms with Crippen molar-refractivity contribution in [2.45, 2.75) is 13.8 Å². The molecule has 5 nitrogen and oxygen atoms in total. The number of carbonyl (C=O) groups excluding carboxylic acids is 3. The van der Waals surface area contributed by atoms with Crippen molar-refractivity contribution in [3.63, 3.8) is 0 Å². The molecule has 0 unspecified atom stereocenters. The predicted molar refractivity (Wildman–Crippen MR) is 92.6 cm³/mol. The quantitative estimate of drug-likeness (QED) is 0.637. The Balaban J connectivity index is 2.00. The van der Waals surface area contributed by atoms with E-state index in [-0.39, 0.29) is 5.78 Å². The standard InChI is InChI=1S/C17H15BrN2O3/c1-10-9-14(7-8-15(10)18)20-17(23)16(22)19-13-5-3-12(4-6-13)11(2)21/h3-9H,1-2H3,(H,19,22)(H,20,23). The molecule has 0 heterocycles. The maximum Gasteiger partial charge on any atom is 0.314 e. The van der Waals surface area contributed by atoms with Crippen LogP contribution in [0, 0.1) is 6.92 Å². The molecule has 0 bridgehead atoms. The van der Waals surface area contributed by atoms with Gasteiger partial charge >= 0.3 is 11.8 Å². The third-order valence-corrected chi connectivity index (χ3v) is 4.06. The minimum absolute atomic E-state index is 0.0637. The van der Waals surface area contributed by atoms with Crippen LogP contribution in [0.15, 0.2) is 46.9 Å². The maximum absolute atomic E-state index is 11.9. The predicted octanol–water partition coefficient (Wildman–Crippen LogP) is 3.54. The molecule has 2 rings (SSSR count). The lowest BCUT2D eigenvalue weighted by atomic mass is 10.1. The molecule has 0 saturated carbocycles. The largest absolute Gasteiger partial charge is 0.318 e. The molecule has 0 aromatic heterocycles. The van der Waals surface area contributed by atoms with Gasteiger partial charge in [0.15, 0.2) is 5.78 Å². The van der Waals surface area contributed by atoms with Gasteiger partial charge in [-0.15, -0.1) is 0 Å². The zero-order valence-electron chi connectivity index (χ0n) is 12.6. The van der Waals surface area contributed by atoms with Crippen molar-refractivity contribution in [2.75, 3.05) is 10.6 Å². The van der Waals surface area contributed by atoms with Gasteiger partial charge < -0.3 is 10.6 Å². The van der Waals surface area contributed by atoms with Gasteiger partial charge in [-0.05, 0) is 61.9 Å². The molecule has 0 aliphatic carbocycles. The van der Waals surface area contributed by atoms with E-state index < -0.39 is 11.8 Å². The topological polar surface area (TPSA) is 75.3 Å². The Kier molecular flexibility index (Phi) is 5.28. The Hall–Kier alpha value is -2.47. The molecule has 0 aliphatic rings. The summed E-state index contributed by atoms with van der Waals surface area (Å²) in [5.74, 6) is -1.60. The Bertz CT molecular complexity index is 770. The van der Waals surface area contributed by atoms with E-state index in [0.29, 0.717) is 16.9 Å². The zero-order valence-corrected chi connectivity index (χ0v) is 14.2. The SMILES string of the molecule is CC(=O)c1ccc(NC(=O)C(=O)Nc2ccc(Br)c(C)c2)cc1. The molecule has 0 aliphatic heterocycles. The molecule has 0 radical (unpaired) electrons. The molecule has 2 N–H and O–H groups in total. The molecule has 2 aromatic rings. The van der Waals surface area contributed by atoms with Gasteiger partial charge in [0.25, 0.3) is 0 Å². The highest BCUT2D eigenvalue weighted by Crippen LogP contribution is 2.20. The highest BCUT2D eigenvalue weighted by atomic mass is 79.9. The zero-order chi connectivity index (χ0) is 17.0. The first kappa shape index (κ1) is 16.9. The molecular formula is C17H15BrN2O3. The monoisotopic (exact) mass is 374 g/mol. The number of rotatable bonds is 3. The minimum Gasteiger partial charge on any atom is -0.318 e. The van der Waals surface area contributed by atoms with Crippen LogP contribution in [0.1, 0.15) is 22.8 Å². The van der Waals surface area contributed by atoms with Crippen molar-refractivity contribution < 1.29 is 14.4 Å². The van der Waals surface area contributed by atoms with Crippen LogP contribution in [0.4, 0.5) is 11.4 Å². The average molecular weight is 375 g/mol. The highest BCUT2D eigenvalue weighted by molar-refractivity contribution is 9.10. The van der Waals surface area contributed by atoms with Crippen LogP contribution >= 0.6 is 15.9 Å². The van der Waals surface area contributed by atoms with E-state index in [9.17, 15) is 14.4 Å². The summed E-state index contributed by atoms with van der Waals surface area (Å²) in [4.78, 5) is 35.0. The van der Waals surface area contributed by atoms with E-state index in [1.54, 1.807) is 42.5 Å². The Morgan fingerprint density at radius 2 is 1.39 bits per heavy atom. The highest BCUT2D eigenvalue weighted by Gasteiger charge is 2.14. The fourth-order valence-corrected chi connectivity index (χ4v) is 2.13. The molecule has 118 valence electrons. The molecule has 0 spiro atoms. The third kappa shape index (κ3) is 4.50. The first-order chi connectivity index (χ1) is 10.9. The Morgan fingerprint density at radius 1 is 0.870 bits per heavy atom. The van der Waals surface area contributed by atoms with E-state index in [1.165, 1.54) is 6.92 Å². The van der Waals surface area contributed by atoms with Gasteiger partial charge in [0, 0.05) is 21.4 Å². The van der Waals surface area contributed by atoms with E-state index >= 15 is 0 Å². The number of hydrogen-bond donors (Lipinski definition) is 2. The van der Waals surface area contributed by atoms with Gasteiger partial charge in [0.05, 0.1) is 0 Å². The molecule has 0 fully saturated rings. The number of benzene rings is 2. The molecule has 0 atom stereocenters. The van der Waals surface area contributed by atoms with Crippen molar-refractivity contribution in [3.8, 4) is 0 Å². The number of nitrogens with one attached hydrogen (secondary N) is 2. The number of aryl methyl sites for hydroxylation is 1. The average Bonchev–Trinajstić information content (AvgIpc) is 2.51. The summed E-state index contributed by atoms with van der Waals surface area (Å²) < 4.78 is 0.922. The van der Waals surface area contributed by atoms with E-state index in [2.05, 4.69) is 26.6 Å². The molecular weight excluding hydrogens is 360 g/mol. The fourth-order valence-electron chi connectivity index (χ4n) is 1.89. The van der Waals surface area contributed by atoms with Crippen molar-refractivity contribution in [3.05, 3.63) is 58.1 Å². The van der Waals surface area contributed by atoms with E-state index in [1.807, 2.05) is 6.92 Å². The number of anilines is 2. The van der Waals surface area contributed by atoms with Gasteiger partial charge in [-0.25, -0.2) is 0 Å². The van der Waals surface area contributed by atoms with Gasteiger partial charge in [-0.3, -0.25) is 14.4 Å². The summed E-state index contributed by atoms with van der Waals surface area (Å²) in [5.41, 5.74) is 2.47. The van der Waals surface area contributed by atoms with Crippen molar-refractivity contribution in [2.24, 2.45) is 0 Å². The molecule has 6 heteroatoms. The number of carbonyl (C=O) groups is 3. The van der Waals surface area contributed by atoms with Crippen molar-refractivity contribution in [1.82, 2.24) is 0 Å². The van der Waals surface area contributed by atoms with Gasteiger partial charge in [0.1, 0.15) is 0 Å². The minimum atomic E-state index is -0.777. The second-order valence-corrected chi connectivity index (χ2v) is 5.86. The summed E-state index contributed by atoms with van der Waals surface area (Å²) in [6.07, 6.45) is 0. The fraction of sp³-hybridized carbons (Fsp3) is 0.118. The first-order valence-corrected chi connectivity index (χ1v) is 7.65. The van der Waals surface area contributed by atoms with Crippen LogP contribution in [-0.4, -0.2) is 17.6 Å². The number of halogens is 1. The number of hydrogen-bond acceptors (Lipinski definition) is 3. The summed E-state index contributed by atoms with van der Waals surface area (Å²) in [6.45, 7) is 3.34. The maximum atomic E-state index is 11.9. The molecule has 2 amide bonds. The molecule has 2 aromatic carbocycles. The lowest BCUT2D eigenvalue weighted by Crippen LogP contribution is -2.29. The number of Topliss-reactive ketones (excluding diaryl/α,β-unsaturated/α-hetero) is 1. The Labute approximate surface area is 142 Å². The lowest BCUT2D eigenvalue weighted by Gasteiger charge is -2.08. The molecule has 0 saturated heterocycles. The normalized spacial score (nSPS) is 10.0. The van der Waals surface area contributed by atoms with E-state index in [4.69, 9.17) is 0 Å².